The number of amides is 1. The SMILES string of the molecule is COc1cc2c(cc1OC)C(c1ccc3c(c1)OC(F)(F)O3)CC(=O)N2. The van der Waals surface area contributed by atoms with Crippen LogP contribution in [0.5, 0.6) is 23.0 Å². The molecule has 0 aromatic heterocycles. The van der Waals surface area contributed by atoms with Gasteiger partial charge in [-0.25, -0.2) is 0 Å². The highest BCUT2D eigenvalue weighted by molar-refractivity contribution is 5.96. The number of carbonyl (C=O) groups excluding carboxylic acids is 1. The normalized spacial score (nSPS) is 19.5. The number of rotatable bonds is 3. The van der Waals surface area contributed by atoms with Gasteiger partial charge in [0.25, 0.3) is 0 Å². The van der Waals surface area contributed by atoms with Crippen LogP contribution in [0.1, 0.15) is 23.5 Å². The van der Waals surface area contributed by atoms with E-state index in [1.807, 2.05) is 0 Å². The molecule has 0 bridgehead atoms. The minimum atomic E-state index is -3.68. The van der Waals surface area contributed by atoms with Gasteiger partial charge in [0, 0.05) is 24.1 Å². The lowest BCUT2D eigenvalue weighted by molar-refractivity contribution is -0.286. The maximum atomic E-state index is 13.3. The number of hydrogen-bond donors (Lipinski definition) is 1. The molecule has 0 aliphatic carbocycles. The second-order valence-corrected chi connectivity index (χ2v) is 5.97. The van der Waals surface area contributed by atoms with Crippen molar-refractivity contribution in [1.29, 1.82) is 0 Å². The van der Waals surface area contributed by atoms with Gasteiger partial charge in [-0.1, -0.05) is 6.07 Å². The first-order valence-electron chi connectivity index (χ1n) is 7.86. The molecule has 0 saturated heterocycles. The van der Waals surface area contributed by atoms with E-state index in [4.69, 9.17) is 9.47 Å². The van der Waals surface area contributed by atoms with Gasteiger partial charge in [0.15, 0.2) is 23.0 Å². The second-order valence-electron chi connectivity index (χ2n) is 5.97. The van der Waals surface area contributed by atoms with Gasteiger partial charge in [0.05, 0.1) is 14.2 Å². The minimum absolute atomic E-state index is 0.0356. The molecular weight excluding hydrogens is 348 g/mol. The molecule has 1 unspecified atom stereocenters. The van der Waals surface area contributed by atoms with E-state index in [1.165, 1.54) is 26.4 Å². The van der Waals surface area contributed by atoms with Crippen LogP contribution in [0.4, 0.5) is 14.5 Å². The van der Waals surface area contributed by atoms with Crippen LogP contribution in [-0.4, -0.2) is 26.4 Å². The Morgan fingerprint density at radius 3 is 2.50 bits per heavy atom. The first kappa shape index (κ1) is 16.4. The fourth-order valence-electron chi connectivity index (χ4n) is 3.27. The number of methoxy groups -OCH3 is 2. The van der Waals surface area contributed by atoms with E-state index < -0.39 is 6.29 Å². The molecule has 4 rings (SSSR count). The Kier molecular flexibility index (Phi) is 3.64. The summed E-state index contributed by atoms with van der Waals surface area (Å²) in [5.41, 5.74) is 2.05. The standard InChI is InChI=1S/C18H15F2NO5/c1-23-14-6-11-10(7-17(22)21-12(11)8-15(14)24-2)9-3-4-13-16(5-9)26-18(19,20)25-13/h3-6,8,10H,7H2,1-2H3,(H,21,22). The number of alkyl halides is 2. The highest BCUT2D eigenvalue weighted by Gasteiger charge is 2.43. The topological polar surface area (TPSA) is 66.0 Å². The quantitative estimate of drug-likeness (QED) is 0.904. The summed E-state index contributed by atoms with van der Waals surface area (Å²) in [6, 6.07) is 7.99. The maximum absolute atomic E-state index is 13.3. The van der Waals surface area contributed by atoms with Gasteiger partial charge in [-0.15, -0.1) is 8.78 Å². The Morgan fingerprint density at radius 2 is 1.77 bits per heavy atom. The summed E-state index contributed by atoms with van der Waals surface area (Å²) in [5, 5.41) is 2.80. The average molecular weight is 363 g/mol. The summed E-state index contributed by atoms with van der Waals surface area (Å²) in [4.78, 5) is 12.1. The van der Waals surface area contributed by atoms with E-state index in [-0.39, 0.29) is 29.7 Å². The summed E-state index contributed by atoms with van der Waals surface area (Å²) >= 11 is 0. The molecule has 1 amide bonds. The molecule has 2 aliphatic heterocycles. The van der Waals surface area contributed by atoms with Crippen LogP contribution in [-0.2, 0) is 4.79 Å². The van der Waals surface area contributed by atoms with Crippen LogP contribution in [0.25, 0.3) is 0 Å². The fraction of sp³-hybridized carbons (Fsp3) is 0.278. The Hall–Kier alpha value is -3.03. The molecule has 0 radical (unpaired) electrons. The van der Waals surface area contributed by atoms with Crippen molar-refractivity contribution in [3.8, 4) is 23.0 Å². The maximum Gasteiger partial charge on any atom is 0.586 e. The Labute approximate surface area is 147 Å². The third kappa shape index (κ3) is 2.67. The number of nitrogens with one attached hydrogen (secondary N) is 1. The van der Waals surface area contributed by atoms with E-state index in [0.29, 0.717) is 22.7 Å². The summed E-state index contributed by atoms with van der Waals surface area (Å²) in [6.45, 7) is 0. The summed E-state index contributed by atoms with van der Waals surface area (Å²) < 4.78 is 46.1. The van der Waals surface area contributed by atoms with Crippen molar-refractivity contribution in [2.75, 3.05) is 19.5 Å². The molecule has 8 heteroatoms. The predicted octanol–water partition coefficient (Wildman–Crippen LogP) is 3.50. The largest absolute Gasteiger partial charge is 0.586 e. The lowest BCUT2D eigenvalue weighted by Crippen LogP contribution is -2.26. The van der Waals surface area contributed by atoms with Gasteiger partial charge in [-0.05, 0) is 29.3 Å². The Bertz CT molecular complexity index is 899. The highest BCUT2D eigenvalue weighted by atomic mass is 19.3. The molecule has 26 heavy (non-hydrogen) atoms. The number of fused-ring (bicyclic) bond motifs is 2. The number of ether oxygens (including phenoxy) is 4. The van der Waals surface area contributed by atoms with Crippen molar-refractivity contribution in [3.63, 3.8) is 0 Å². The second kappa shape index (κ2) is 5.76. The first-order valence-corrected chi connectivity index (χ1v) is 7.86. The van der Waals surface area contributed by atoms with Crippen LogP contribution < -0.4 is 24.3 Å². The smallest absolute Gasteiger partial charge is 0.493 e. The third-order valence-electron chi connectivity index (χ3n) is 4.42. The number of benzene rings is 2. The van der Waals surface area contributed by atoms with Crippen LogP contribution in [0.2, 0.25) is 0 Å². The zero-order chi connectivity index (χ0) is 18.5. The zero-order valence-electron chi connectivity index (χ0n) is 14.0. The van der Waals surface area contributed by atoms with Crippen molar-refractivity contribution >= 4 is 11.6 Å². The molecule has 0 spiro atoms. The number of halogens is 2. The summed E-state index contributed by atoms with van der Waals surface area (Å²) in [5.74, 6) is 0.378. The van der Waals surface area contributed by atoms with Crippen molar-refractivity contribution in [3.05, 3.63) is 41.5 Å². The Balaban J connectivity index is 1.79. The van der Waals surface area contributed by atoms with Gasteiger partial charge < -0.3 is 24.3 Å². The molecule has 0 fully saturated rings. The van der Waals surface area contributed by atoms with Gasteiger partial charge in [-0.2, -0.15) is 0 Å². The van der Waals surface area contributed by atoms with Gasteiger partial charge in [-0.3, -0.25) is 4.79 Å². The van der Waals surface area contributed by atoms with Gasteiger partial charge in [0.1, 0.15) is 0 Å². The lowest BCUT2D eigenvalue weighted by Gasteiger charge is -2.27. The number of hydrogen-bond acceptors (Lipinski definition) is 5. The van der Waals surface area contributed by atoms with Crippen LogP contribution in [0.3, 0.4) is 0 Å². The van der Waals surface area contributed by atoms with Crippen LogP contribution in [0, 0.1) is 0 Å². The minimum Gasteiger partial charge on any atom is -0.493 e. The molecular formula is C18H15F2NO5. The molecule has 2 aliphatic rings. The molecule has 136 valence electrons. The molecule has 2 aromatic rings. The molecule has 2 aromatic carbocycles. The van der Waals surface area contributed by atoms with Gasteiger partial charge >= 0.3 is 6.29 Å². The average Bonchev–Trinajstić information content (AvgIpc) is 2.92. The zero-order valence-corrected chi connectivity index (χ0v) is 14.0. The van der Waals surface area contributed by atoms with Crippen molar-refractivity contribution in [1.82, 2.24) is 0 Å². The van der Waals surface area contributed by atoms with E-state index in [2.05, 4.69) is 14.8 Å². The monoisotopic (exact) mass is 363 g/mol. The van der Waals surface area contributed by atoms with Crippen molar-refractivity contribution in [2.24, 2.45) is 0 Å². The fourth-order valence-corrected chi connectivity index (χ4v) is 3.27. The van der Waals surface area contributed by atoms with E-state index in [0.717, 1.165) is 5.56 Å². The molecule has 1 N–H and O–H groups in total. The van der Waals surface area contributed by atoms with Crippen molar-refractivity contribution < 1.29 is 32.5 Å². The van der Waals surface area contributed by atoms with Crippen LogP contribution in [0.15, 0.2) is 30.3 Å². The lowest BCUT2D eigenvalue weighted by atomic mass is 9.84. The Morgan fingerprint density at radius 1 is 1.08 bits per heavy atom. The molecule has 0 saturated carbocycles. The first-order chi connectivity index (χ1) is 12.4. The van der Waals surface area contributed by atoms with Crippen LogP contribution >= 0.6 is 0 Å². The van der Waals surface area contributed by atoms with Gasteiger partial charge in [0.2, 0.25) is 5.91 Å². The number of anilines is 1. The molecule has 2 heterocycles. The van der Waals surface area contributed by atoms with E-state index in [9.17, 15) is 13.6 Å². The van der Waals surface area contributed by atoms with E-state index >= 15 is 0 Å². The third-order valence-corrected chi connectivity index (χ3v) is 4.42. The number of carbonyl (C=O) groups is 1. The summed E-state index contributed by atoms with van der Waals surface area (Å²) in [7, 11) is 3.02. The highest BCUT2D eigenvalue weighted by Crippen LogP contribution is 2.47. The molecule has 1 atom stereocenters. The predicted molar refractivity (Wildman–Crippen MR) is 87.3 cm³/mol. The molecule has 6 nitrogen and oxygen atoms in total. The summed E-state index contributed by atoms with van der Waals surface area (Å²) in [6.07, 6.45) is -3.52. The van der Waals surface area contributed by atoms with Crippen molar-refractivity contribution in [2.45, 2.75) is 18.6 Å². The van der Waals surface area contributed by atoms with E-state index in [1.54, 1.807) is 18.2 Å².